The first-order valence-corrected chi connectivity index (χ1v) is 10.1. The van der Waals surface area contributed by atoms with Crippen LogP contribution in [0.5, 0.6) is 0 Å². The number of carbonyl (C=O) groups is 2. The molecule has 0 aliphatic heterocycles. The van der Waals surface area contributed by atoms with Crippen molar-refractivity contribution in [1.82, 2.24) is 20.4 Å². The first-order valence-electron chi connectivity index (χ1n) is 10.1. The maximum Gasteiger partial charge on any atom is 0.309 e. The van der Waals surface area contributed by atoms with Gasteiger partial charge in [0.2, 0.25) is 0 Å². The third-order valence-corrected chi connectivity index (χ3v) is 7.26. The number of carbonyl (C=O) groups excluding carboxylic acids is 2. The first-order chi connectivity index (χ1) is 12.8. The zero-order chi connectivity index (χ0) is 19.3. The number of nitrogens with zero attached hydrogens (tertiary/aromatic N) is 2. The number of aryl methyl sites for hydroxylation is 1. The Morgan fingerprint density at radius 3 is 2.70 bits per heavy atom. The van der Waals surface area contributed by atoms with E-state index in [4.69, 9.17) is 0 Å². The maximum absolute atomic E-state index is 12.4. The van der Waals surface area contributed by atoms with Crippen LogP contribution in [0.3, 0.4) is 0 Å². The highest BCUT2D eigenvalue weighted by molar-refractivity contribution is 6.35. The Morgan fingerprint density at radius 1 is 1.30 bits per heavy atom. The Bertz CT molecular complexity index is 794. The van der Waals surface area contributed by atoms with E-state index < -0.39 is 11.8 Å². The summed E-state index contributed by atoms with van der Waals surface area (Å²) in [6, 6.07) is -0.0760. The number of fused-ring (bicyclic) bond motifs is 3. The Balaban J connectivity index is 1.32. The number of rotatable bonds is 3. The molecule has 0 radical (unpaired) electrons. The van der Waals surface area contributed by atoms with Crippen LogP contribution in [-0.4, -0.2) is 33.7 Å². The third-order valence-electron chi connectivity index (χ3n) is 7.26. The van der Waals surface area contributed by atoms with Gasteiger partial charge in [-0.05, 0) is 61.8 Å². The van der Waals surface area contributed by atoms with Gasteiger partial charge in [-0.1, -0.05) is 26.0 Å². The van der Waals surface area contributed by atoms with Gasteiger partial charge in [0.1, 0.15) is 0 Å². The van der Waals surface area contributed by atoms with Gasteiger partial charge < -0.3 is 10.6 Å². The van der Waals surface area contributed by atoms with Crippen LogP contribution in [0, 0.1) is 17.3 Å². The second kappa shape index (κ2) is 6.50. The van der Waals surface area contributed by atoms with E-state index in [1.165, 1.54) is 17.7 Å². The summed E-state index contributed by atoms with van der Waals surface area (Å²) < 4.78 is 2.02. The Morgan fingerprint density at radius 2 is 2.04 bits per heavy atom. The summed E-state index contributed by atoms with van der Waals surface area (Å²) in [7, 11) is 0. The number of hydrogen-bond acceptors (Lipinski definition) is 3. The van der Waals surface area contributed by atoms with Crippen LogP contribution in [0.15, 0.2) is 18.3 Å². The highest BCUT2D eigenvalue weighted by atomic mass is 16.2. The number of nitrogens with one attached hydrogen (secondary N) is 2. The fourth-order valence-corrected chi connectivity index (χ4v) is 5.33. The fraction of sp³-hybridized carbons (Fsp3) is 0.667. The topological polar surface area (TPSA) is 76.0 Å². The third kappa shape index (κ3) is 2.99. The first kappa shape index (κ1) is 18.3. The highest BCUT2D eigenvalue weighted by Gasteiger charge is 2.55. The molecule has 0 aromatic carbocycles. The molecule has 6 heteroatoms. The predicted octanol–water partition coefficient (Wildman–Crippen LogP) is 1.98. The average molecular weight is 370 g/mol. The van der Waals surface area contributed by atoms with Gasteiger partial charge in [0.15, 0.2) is 0 Å². The van der Waals surface area contributed by atoms with E-state index in [0.717, 1.165) is 37.8 Å². The fourth-order valence-electron chi connectivity index (χ4n) is 5.33. The van der Waals surface area contributed by atoms with Crippen LogP contribution < -0.4 is 10.6 Å². The molecule has 1 aromatic rings. The van der Waals surface area contributed by atoms with Gasteiger partial charge in [-0.15, -0.1) is 0 Å². The second-order valence-electron chi connectivity index (χ2n) is 8.99. The predicted molar refractivity (Wildman–Crippen MR) is 103 cm³/mol. The molecule has 3 fully saturated rings. The number of amides is 2. The van der Waals surface area contributed by atoms with Gasteiger partial charge in [0, 0.05) is 18.3 Å². The van der Waals surface area contributed by atoms with Crippen molar-refractivity contribution < 1.29 is 9.59 Å². The zero-order valence-electron chi connectivity index (χ0n) is 16.5. The Labute approximate surface area is 160 Å². The molecule has 2 unspecified atom stereocenters. The molecule has 1 heterocycles. The van der Waals surface area contributed by atoms with E-state index in [-0.39, 0.29) is 17.5 Å². The van der Waals surface area contributed by atoms with Crippen molar-refractivity contribution in [3.63, 3.8) is 0 Å². The molecule has 0 spiro atoms. The average Bonchev–Trinajstić information content (AvgIpc) is 3.05. The standard InChI is InChI=1S/C21H30N4O2/c1-5-25-18-7-6-15(8-13(18)11-22-25)23-19(26)20(27)24-17-10-14-9-16(12(17)2)21(14,3)4/h11,14-17H,2,5-10H2,1,3-4H3,(H,23,26)(H,24,27)/t14-,15?,16+,17?/m1/s1. The molecule has 146 valence electrons. The molecule has 3 saturated carbocycles. The van der Waals surface area contributed by atoms with Crippen LogP contribution in [-0.2, 0) is 29.0 Å². The molecule has 2 bridgehead atoms. The monoisotopic (exact) mass is 370 g/mol. The Hall–Kier alpha value is -2.11. The summed E-state index contributed by atoms with van der Waals surface area (Å²) in [5, 5.41) is 10.2. The highest BCUT2D eigenvalue weighted by Crippen LogP contribution is 2.60. The lowest BCUT2D eigenvalue weighted by atomic mass is 9.46. The smallest absolute Gasteiger partial charge is 0.309 e. The van der Waals surface area contributed by atoms with Crippen molar-refractivity contribution in [2.45, 2.75) is 71.5 Å². The molecule has 1 aromatic heterocycles. The molecule has 0 saturated heterocycles. The van der Waals surface area contributed by atoms with Crippen molar-refractivity contribution >= 4 is 11.8 Å². The summed E-state index contributed by atoms with van der Waals surface area (Å²) in [6.07, 6.45) is 6.41. The molecular weight excluding hydrogens is 340 g/mol. The van der Waals surface area contributed by atoms with Gasteiger partial charge in [0.25, 0.3) is 0 Å². The summed E-state index contributed by atoms with van der Waals surface area (Å²) in [4.78, 5) is 24.8. The van der Waals surface area contributed by atoms with E-state index in [1.54, 1.807) is 0 Å². The number of aromatic nitrogens is 2. The van der Waals surface area contributed by atoms with Crippen LogP contribution in [0.4, 0.5) is 0 Å². The molecule has 4 atom stereocenters. The van der Waals surface area contributed by atoms with E-state index in [9.17, 15) is 9.59 Å². The summed E-state index contributed by atoms with van der Waals surface area (Å²) in [5.74, 6) is -0.00217. The van der Waals surface area contributed by atoms with Gasteiger partial charge in [-0.3, -0.25) is 14.3 Å². The lowest BCUT2D eigenvalue weighted by Gasteiger charge is -2.59. The van der Waals surface area contributed by atoms with E-state index in [0.29, 0.717) is 11.8 Å². The van der Waals surface area contributed by atoms with Crippen LogP contribution >= 0.6 is 0 Å². The minimum Gasteiger partial charge on any atom is -0.345 e. The summed E-state index contributed by atoms with van der Waals surface area (Å²) in [5.41, 5.74) is 3.80. The molecule has 2 N–H and O–H groups in total. The van der Waals surface area contributed by atoms with Crippen molar-refractivity contribution in [1.29, 1.82) is 0 Å². The largest absolute Gasteiger partial charge is 0.345 e. The van der Waals surface area contributed by atoms with Gasteiger partial charge in [0.05, 0.1) is 12.2 Å². The molecule has 6 nitrogen and oxygen atoms in total. The molecule has 27 heavy (non-hydrogen) atoms. The van der Waals surface area contributed by atoms with Crippen molar-refractivity contribution in [3.05, 3.63) is 29.6 Å². The Kier molecular flexibility index (Phi) is 4.40. The van der Waals surface area contributed by atoms with E-state index in [1.807, 2.05) is 10.9 Å². The van der Waals surface area contributed by atoms with Gasteiger partial charge in [-0.25, -0.2) is 0 Å². The maximum atomic E-state index is 12.4. The van der Waals surface area contributed by atoms with Crippen LogP contribution in [0.2, 0.25) is 0 Å². The zero-order valence-corrected chi connectivity index (χ0v) is 16.5. The van der Waals surface area contributed by atoms with Crippen molar-refractivity contribution in [3.8, 4) is 0 Å². The number of hydrogen-bond donors (Lipinski definition) is 2. The summed E-state index contributed by atoms with van der Waals surface area (Å²) >= 11 is 0. The van der Waals surface area contributed by atoms with Gasteiger partial charge in [-0.2, -0.15) is 5.10 Å². The van der Waals surface area contributed by atoms with Crippen molar-refractivity contribution in [2.24, 2.45) is 17.3 Å². The molecule has 2 amide bonds. The van der Waals surface area contributed by atoms with Crippen molar-refractivity contribution in [2.75, 3.05) is 0 Å². The minimum absolute atomic E-state index is 0.00727. The lowest BCUT2D eigenvalue weighted by molar-refractivity contribution is -0.140. The summed E-state index contributed by atoms with van der Waals surface area (Å²) in [6.45, 7) is 11.7. The quantitative estimate of drug-likeness (QED) is 0.631. The molecule has 5 rings (SSSR count). The van der Waals surface area contributed by atoms with E-state index >= 15 is 0 Å². The van der Waals surface area contributed by atoms with Crippen LogP contribution in [0.25, 0.3) is 0 Å². The molecule has 4 aliphatic carbocycles. The second-order valence-corrected chi connectivity index (χ2v) is 8.99. The SMILES string of the molecule is C=C1C(NC(=O)C(=O)NC2CCc3c(cnn3CC)C2)C[C@H]2C[C@@H]1C2(C)C. The van der Waals surface area contributed by atoms with Crippen LogP contribution in [0.1, 0.15) is 51.3 Å². The normalized spacial score (nSPS) is 30.9. The lowest BCUT2D eigenvalue weighted by Crippen LogP contribution is -2.58. The minimum atomic E-state index is -0.532. The van der Waals surface area contributed by atoms with E-state index in [2.05, 4.69) is 43.1 Å². The molecular formula is C21H30N4O2. The van der Waals surface area contributed by atoms with Gasteiger partial charge >= 0.3 is 11.8 Å². The molecule has 4 aliphatic rings.